The number of aromatic nitrogens is 1. The average molecular weight is 161 g/mol. The Balaban J connectivity index is 3.23. The van der Waals surface area contributed by atoms with Gasteiger partial charge in [0, 0.05) is 0 Å². The Bertz CT molecular complexity index is 250. The van der Waals surface area contributed by atoms with Gasteiger partial charge < -0.3 is 14.8 Å². The van der Waals surface area contributed by atoms with Crippen LogP contribution in [-0.4, -0.2) is 13.9 Å². The van der Waals surface area contributed by atoms with E-state index in [0.717, 1.165) is 0 Å². The van der Waals surface area contributed by atoms with Crippen LogP contribution in [0.1, 0.15) is 5.76 Å². The molecule has 10 heavy (non-hydrogen) atoms. The van der Waals surface area contributed by atoms with Gasteiger partial charge in [-0.05, 0) is 18.0 Å². The zero-order chi connectivity index (χ0) is 7.72. The van der Waals surface area contributed by atoms with E-state index in [4.69, 9.17) is 5.73 Å². The number of nitrogen functional groups attached to an aromatic ring is 1. The van der Waals surface area contributed by atoms with Crippen LogP contribution in [0, 0.1) is 6.92 Å². The minimum Gasteiger partial charge on any atom is -0.768 e. The van der Waals surface area contributed by atoms with E-state index in [1.807, 2.05) is 0 Å². The van der Waals surface area contributed by atoms with Gasteiger partial charge in [-0.15, -0.1) is 0 Å². The number of hydrogen-bond acceptors (Lipinski definition) is 5. The molecule has 0 radical (unpaired) electrons. The van der Waals surface area contributed by atoms with Gasteiger partial charge in [0.2, 0.25) is 0 Å². The summed E-state index contributed by atoms with van der Waals surface area (Å²) < 4.78 is 25.1. The summed E-state index contributed by atoms with van der Waals surface area (Å²) in [4.78, 5) is -0.0556. The van der Waals surface area contributed by atoms with Gasteiger partial charge in [0.25, 0.3) is 0 Å². The second kappa shape index (κ2) is 2.39. The van der Waals surface area contributed by atoms with E-state index in [0.29, 0.717) is 0 Å². The zero-order valence-electron chi connectivity index (χ0n) is 5.16. The fourth-order valence-corrected chi connectivity index (χ4v) is 1.06. The largest absolute Gasteiger partial charge is 0.768 e. The van der Waals surface area contributed by atoms with E-state index in [1.165, 1.54) is 6.92 Å². The lowest BCUT2D eigenvalue weighted by Crippen LogP contribution is -1.95. The van der Waals surface area contributed by atoms with Crippen molar-refractivity contribution in [3.05, 3.63) is 5.76 Å². The number of hydrogen-bond donors (Lipinski definition) is 1. The second-order valence-corrected chi connectivity index (χ2v) is 2.57. The fraction of sp³-hybridized carbons (Fsp3) is 0.250. The second-order valence-electron chi connectivity index (χ2n) is 1.69. The van der Waals surface area contributed by atoms with Crippen LogP contribution in [0.25, 0.3) is 0 Å². The van der Waals surface area contributed by atoms with Gasteiger partial charge in [0.05, 0.1) is 0 Å². The van der Waals surface area contributed by atoms with Gasteiger partial charge in [-0.25, -0.2) is 0 Å². The van der Waals surface area contributed by atoms with E-state index in [-0.39, 0.29) is 16.5 Å². The Labute approximate surface area is 59.5 Å². The van der Waals surface area contributed by atoms with Crippen molar-refractivity contribution < 1.29 is 13.3 Å². The topological polar surface area (TPSA) is 92.2 Å². The Kier molecular flexibility index (Phi) is 1.73. The molecule has 0 aliphatic carbocycles. The van der Waals surface area contributed by atoms with Crippen molar-refractivity contribution in [1.82, 2.24) is 5.16 Å². The molecule has 56 valence electrons. The van der Waals surface area contributed by atoms with E-state index in [9.17, 15) is 8.76 Å². The first-order valence-corrected chi connectivity index (χ1v) is 3.51. The zero-order valence-corrected chi connectivity index (χ0v) is 5.97. The van der Waals surface area contributed by atoms with Gasteiger partial charge in [-0.3, -0.25) is 4.21 Å². The monoisotopic (exact) mass is 161 g/mol. The molecule has 2 N–H and O–H groups in total. The van der Waals surface area contributed by atoms with Gasteiger partial charge in [0.1, 0.15) is 4.90 Å². The first-order chi connectivity index (χ1) is 4.63. The number of nitrogens with two attached hydrogens (primary N) is 1. The van der Waals surface area contributed by atoms with Crippen molar-refractivity contribution in [3.8, 4) is 0 Å². The normalized spacial score (nSPS) is 13.4. The summed E-state index contributed by atoms with van der Waals surface area (Å²) in [7, 11) is 0. The first-order valence-electron chi connectivity index (χ1n) is 2.44. The number of aryl methyl sites for hydroxylation is 1. The molecule has 6 heteroatoms. The highest BCUT2D eigenvalue weighted by Crippen LogP contribution is 2.17. The number of anilines is 1. The van der Waals surface area contributed by atoms with Crippen LogP contribution in [0.3, 0.4) is 0 Å². The highest BCUT2D eigenvalue weighted by molar-refractivity contribution is 7.79. The third kappa shape index (κ3) is 1.03. The van der Waals surface area contributed by atoms with Crippen LogP contribution in [-0.2, 0) is 11.1 Å². The highest BCUT2D eigenvalue weighted by atomic mass is 32.2. The minimum absolute atomic E-state index is 0.0556. The lowest BCUT2D eigenvalue weighted by atomic mass is 10.5. The predicted octanol–water partition coefficient (Wildman–Crippen LogP) is -0.197. The van der Waals surface area contributed by atoms with Crippen molar-refractivity contribution in [3.63, 3.8) is 0 Å². The third-order valence-corrected chi connectivity index (χ3v) is 1.83. The molecule has 1 atom stereocenters. The maximum Gasteiger partial charge on any atom is 0.182 e. The molecule has 0 saturated heterocycles. The molecule has 0 fully saturated rings. The molecule has 1 unspecified atom stereocenters. The summed E-state index contributed by atoms with van der Waals surface area (Å²) >= 11 is -2.35. The summed E-state index contributed by atoms with van der Waals surface area (Å²) in [5, 5.41) is 3.25. The molecule has 0 bridgehead atoms. The van der Waals surface area contributed by atoms with Crippen LogP contribution < -0.4 is 5.73 Å². The predicted molar refractivity (Wildman–Crippen MR) is 32.8 cm³/mol. The molecule has 0 spiro atoms. The molecule has 0 aliphatic rings. The lowest BCUT2D eigenvalue weighted by Gasteiger charge is -2.00. The minimum atomic E-state index is -2.35. The van der Waals surface area contributed by atoms with Crippen molar-refractivity contribution in [2.24, 2.45) is 0 Å². The van der Waals surface area contributed by atoms with Crippen LogP contribution >= 0.6 is 0 Å². The van der Waals surface area contributed by atoms with Crippen LogP contribution in [0.4, 0.5) is 5.82 Å². The summed E-state index contributed by atoms with van der Waals surface area (Å²) in [5.41, 5.74) is 5.14. The van der Waals surface area contributed by atoms with Gasteiger partial charge in [-0.1, -0.05) is 5.16 Å². The SMILES string of the molecule is Cc1onc(N)c1S(=O)[O-]. The summed E-state index contributed by atoms with van der Waals surface area (Å²) in [5.74, 6) is 0.122. The van der Waals surface area contributed by atoms with Crippen molar-refractivity contribution in [2.45, 2.75) is 11.8 Å². The van der Waals surface area contributed by atoms with Crippen molar-refractivity contribution in [1.29, 1.82) is 0 Å². The van der Waals surface area contributed by atoms with E-state index < -0.39 is 11.1 Å². The summed E-state index contributed by atoms with van der Waals surface area (Å²) in [6.07, 6.45) is 0. The van der Waals surface area contributed by atoms with Gasteiger partial charge >= 0.3 is 0 Å². The van der Waals surface area contributed by atoms with Crippen molar-refractivity contribution >= 4 is 16.9 Å². The Hall–Kier alpha value is -0.880. The Morgan fingerprint density at radius 3 is 2.60 bits per heavy atom. The highest BCUT2D eigenvalue weighted by Gasteiger charge is 2.08. The van der Waals surface area contributed by atoms with Crippen LogP contribution in [0.15, 0.2) is 9.42 Å². The number of rotatable bonds is 1. The maximum absolute atomic E-state index is 10.3. The van der Waals surface area contributed by atoms with Crippen LogP contribution in [0.2, 0.25) is 0 Å². The first kappa shape index (κ1) is 7.23. The van der Waals surface area contributed by atoms with E-state index >= 15 is 0 Å². The summed E-state index contributed by atoms with van der Waals surface area (Å²) in [6, 6.07) is 0. The Morgan fingerprint density at radius 2 is 2.40 bits per heavy atom. The maximum atomic E-state index is 10.3. The number of nitrogens with zero attached hydrogens (tertiary/aromatic N) is 1. The van der Waals surface area contributed by atoms with Crippen molar-refractivity contribution in [2.75, 3.05) is 5.73 Å². The average Bonchev–Trinajstić information content (AvgIpc) is 2.11. The molecule has 0 aromatic carbocycles. The molecule has 0 amide bonds. The molecule has 0 aliphatic heterocycles. The standard InChI is InChI=1S/C4H6N2O3S/c1-2-3(10(7)8)4(5)6-9-2/h1H3,(H2,5,6)(H,7,8)/p-1. The molecule has 0 saturated carbocycles. The molecule has 1 heterocycles. The van der Waals surface area contributed by atoms with Crippen LogP contribution in [0.5, 0.6) is 0 Å². The van der Waals surface area contributed by atoms with E-state index in [1.54, 1.807) is 0 Å². The lowest BCUT2D eigenvalue weighted by molar-refractivity contribution is 0.396. The summed E-state index contributed by atoms with van der Waals surface area (Å²) in [6.45, 7) is 1.48. The van der Waals surface area contributed by atoms with E-state index in [2.05, 4.69) is 9.68 Å². The Morgan fingerprint density at radius 1 is 1.80 bits per heavy atom. The molecule has 1 aromatic heterocycles. The fourth-order valence-electron chi connectivity index (χ4n) is 0.584. The smallest absolute Gasteiger partial charge is 0.182 e. The van der Waals surface area contributed by atoms with Gasteiger partial charge in [-0.2, -0.15) is 0 Å². The molecule has 1 aromatic rings. The molecule has 1 rings (SSSR count). The molecular formula is C4H5N2O3S-. The molecular weight excluding hydrogens is 156 g/mol. The molecule has 5 nitrogen and oxygen atoms in total. The van der Waals surface area contributed by atoms with Gasteiger partial charge in [0.15, 0.2) is 11.6 Å². The third-order valence-electron chi connectivity index (χ3n) is 1.000. The quantitative estimate of drug-likeness (QED) is 0.576.